The Kier molecular flexibility index (Phi) is 5.16. The number of rotatable bonds is 4. The smallest absolute Gasteiger partial charge is 0.206 e. The highest BCUT2D eigenvalue weighted by Gasteiger charge is 2.14. The zero-order chi connectivity index (χ0) is 17.8. The van der Waals surface area contributed by atoms with Crippen molar-refractivity contribution in [2.24, 2.45) is 10.1 Å². The van der Waals surface area contributed by atoms with E-state index in [2.05, 4.69) is 29.6 Å². The van der Waals surface area contributed by atoms with E-state index in [1.54, 1.807) is 17.6 Å². The first-order valence-corrected chi connectivity index (χ1v) is 10.1. The Morgan fingerprint density at radius 2 is 1.88 bits per heavy atom. The van der Waals surface area contributed by atoms with E-state index >= 15 is 0 Å². The van der Waals surface area contributed by atoms with Gasteiger partial charge in [0.15, 0.2) is 0 Å². The van der Waals surface area contributed by atoms with Crippen LogP contribution in [0.5, 0.6) is 0 Å². The van der Waals surface area contributed by atoms with Crippen LogP contribution in [0, 0.1) is 6.92 Å². The minimum atomic E-state index is 0.415. The number of aromatic nitrogens is 1. The van der Waals surface area contributed by atoms with E-state index in [9.17, 15) is 0 Å². The highest BCUT2D eigenvalue weighted by atomic mass is 32.1. The molecule has 134 valence electrons. The zero-order valence-electron chi connectivity index (χ0n) is 15.0. The van der Waals surface area contributed by atoms with Crippen LogP contribution in [-0.2, 0) is 0 Å². The third-order valence-corrected chi connectivity index (χ3v) is 5.51. The second-order valence-corrected chi connectivity index (χ2v) is 7.53. The van der Waals surface area contributed by atoms with Crippen LogP contribution < -0.4 is 4.80 Å². The second kappa shape index (κ2) is 7.87. The van der Waals surface area contributed by atoms with Gasteiger partial charge < -0.3 is 4.42 Å². The lowest BCUT2D eigenvalue weighted by Crippen LogP contribution is -2.18. The maximum absolute atomic E-state index is 5.63. The molecule has 4 rings (SSSR count). The third-order valence-electron chi connectivity index (χ3n) is 4.68. The predicted octanol–water partition coefficient (Wildman–Crippen LogP) is 5.23. The largest absolute Gasteiger partial charge is 0.460 e. The van der Waals surface area contributed by atoms with Gasteiger partial charge in [0.1, 0.15) is 11.5 Å². The van der Waals surface area contributed by atoms with Gasteiger partial charge in [-0.25, -0.2) is 4.68 Å². The average Bonchev–Trinajstić information content (AvgIpc) is 3.27. The van der Waals surface area contributed by atoms with E-state index in [0.717, 1.165) is 27.6 Å². The Bertz CT molecular complexity index is 943. The third kappa shape index (κ3) is 3.88. The Hall–Kier alpha value is -2.40. The fourth-order valence-corrected chi connectivity index (χ4v) is 4.22. The molecule has 1 aliphatic carbocycles. The molecule has 0 spiro atoms. The van der Waals surface area contributed by atoms with Gasteiger partial charge in [0, 0.05) is 10.9 Å². The molecule has 2 aromatic heterocycles. The van der Waals surface area contributed by atoms with Crippen molar-refractivity contribution >= 4 is 17.6 Å². The summed E-state index contributed by atoms with van der Waals surface area (Å²) in [5.41, 5.74) is 2.20. The molecule has 2 heterocycles. The maximum Gasteiger partial charge on any atom is 0.206 e. The molecule has 4 nitrogen and oxygen atoms in total. The lowest BCUT2D eigenvalue weighted by Gasteiger charge is -2.16. The molecule has 0 N–H and O–H groups in total. The summed E-state index contributed by atoms with van der Waals surface area (Å²) in [6.07, 6.45) is 8.02. The quantitative estimate of drug-likeness (QED) is 0.584. The van der Waals surface area contributed by atoms with Crippen molar-refractivity contribution in [3.05, 3.63) is 64.2 Å². The number of nitrogens with zero attached hydrogens (tertiary/aromatic N) is 3. The number of thiazole rings is 1. The lowest BCUT2D eigenvalue weighted by atomic mass is 9.96. The van der Waals surface area contributed by atoms with E-state index in [0.29, 0.717) is 6.04 Å². The summed E-state index contributed by atoms with van der Waals surface area (Å²) in [6.45, 7) is 1.94. The molecule has 0 atom stereocenters. The molecule has 0 unspecified atom stereocenters. The molecule has 1 fully saturated rings. The van der Waals surface area contributed by atoms with E-state index < -0.39 is 0 Å². The Labute approximate surface area is 157 Å². The normalized spacial score (nSPS) is 16.6. The van der Waals surface area contributed by atoms with Crippen LogP contribution in [0.15, 0.2) is 62.4 Å². The molecule has 3 aromatic rings. The molecule has 1 aromatic carbocycles. The molecule has 0 amide bonds. The van der Waals surface area contributed by atoms with Gasteiger partial charge in [0.2, 0.25) is 4.80 Å². The van der Waals surface area contributed by atoms with Crippen molar-refractivity contribution < 1.29 is 4.42 Å². The maximum atomic E-state index is 5.63. The Balaban J connectivity index is 1.75. The summed E-state index contributed by atoms with van der Waals surface area (Å²) in [7, 11) is 0. The predicted molar refractivity (Wildman–Crippen MR) is 107 cm³/mol. The van der Waals surface area contributed by atoms with Crippen LogP contribution in [0.3, 0.4) is 0 Å². The van der Waals surface area contributed by atoms with Gasteiger partial charge in [-0.2, -0.15) is 5.10 Å². The minimum Gasteiger partial charge on any atom is -0.460 e. The topological polar surface area (TPSA) is 42.8 Å². The summed E-state index contributed by atoms with van der Waals surface area (Å²) < 4.78 is 7.58. The van der Waals surface area contributed by atoms with Gasteiger partial charge >= 0.3 is 0 Å². The van der Waals surface area contributed by atoms with Gasteiger partial charge in [-0.1, -0.05) is 49.6 Å². The van der Waals surface area contributed by atoms with Crippen molar-refractivity contribution in [2.75, 3.05) is 0 Å². The van der Waals surface area contributed by atoms with E-state index in [-0.39, 0.29) is 0 Å². The fraction of sp³-hybridized carbons (Fsp3) is 0.333. The average molecular weight is 366 g/mol. The molecule has 0 aliphatic heterocycles. The number of benzene rings is 1. The lowest BCUT2D eigenvalue weighted by molar-refractivity contribution is 0.435. The summed E-state index contributed by atoms with van der Waals surface area (Å²) >= 11 is 1.66. The summed E-state index contributed by atoms with van der Waals surface area (Å²) in [5, 5.41) is 6.85. The first-order valence-electron chi connectivity index (χ1n) is 9.20. The molecule has 1 saturated carbocycles. The fourth-order valence-electron chi connectivity index (χ4n) is 3.31. The number of hydrogen-bond donors (Lipinski definition) is 0. The molecule has 0 bridgehead atoms. The highest BCUT2D eigenvalue weighted by Crippen LogP contribution is 2.22. The van der Waals surface area contributed by atoms with Crippen LogP contribution in [0.1, 0.15) is 43.6 Å². The van der Waals surface area contributed by atoms with E-state index in [4.69, 9.17) is 14.5 Å². The van der Waals surface area contributed by atoms with E-state index in [1.807, 2.05) is 29.8 Å². The molecular weight excluding hydrogens is 342 g/mol. The van der Waals surface area contributed by atoms with Crippen molar-refractivity contribution in [3.63, 3.8) is 0 Å². The van der Waals surface area contributed by atoms with Gasteiger partial charge in [-0.05, 0) is 31.9 Å². The Morgan fingerprint density at radius 1 is 1.08 bits per heavy atom. The van der Waals surface area contributed by atoms with Crippen LogP contribution in [-0.4, -0.2) is 16.9 Å². The van der Waals surface area contributed by atoms with Crippen molar-refractivity contribution in [3.8, 4) is 11.3 Å². The molecule has 1 aliphatic rings. The molecule has 26 heavy (non-hydrogen) atoms. The van der Waals surface area contributed by atoms with Crippen LogP contribution in [0.25, 0.3) is 11.3 Å². The summed E-state index contributed by atoms with van der Waals surface area (Å²) in [4.78, 5) is 5.97. The van der Waals surface area contributed by atoms with Crippen molar-refractivity contribution in [2.45, 2.75) is 45.1 Å². The van der Waals surface area contributed by atoms with Gasteiger partial charge in [0.25, 0.3) is 0 Å². The van der Waals surface area contributed by atoms with Gasteiger partial charge in [0.05, 0.1) is 18.0 Å². The highest BCUT2D eigenvalue weighted by molar-refractivity contribution is 7.07. The number of furan rings is 1. The minimum absolute atomic E-state index is 0.415. The SMILES string of the molecule is Cc1ccc(C=Nn2c(-c3ccccc3)csc2=NC2CCCCC2)o1. The van der Waals surface area contributed by atoms with Crippen LogP contribution in [0.4, 0.5) is 0 Å². The Morgan fingerprint density at radius 3 is 2.62 bits per heavy atom. The van der Waals surface area contributed by atoms with Crippen LogP contribution in [0.2, 0.25) is 0 Å². The van der Waals surface area contributed by atoms with Gasteiger partial charge in [-0.15, -0.1) is 11.3 Å². The van der Waals surface area contributed by atoms with Crippen molar-refractivity contribution in [1.29, 1.82) is 0 Å². The monoisotopic (exact) mass is 365 g/mol. The first-order chi connectivity index (χ1) is 12.8. The summed E-state index contributed by atoms with van der Waals surface area (Å²) in [5.74, 6) is 1.64. The molecule has 0 saturated heterocycles. The molecule has 5 heteroatoms. The van der Waals surface area contributed by atoms with Crippen molar-refractivity contribution in [1.82, 2.24) is 4.68 Å². The summed E-state index contributed by atoms with van der Waals surface area (Å²) in [6, 6.07) is 14.6. The van der Waals surface area contributed by atoms with Crippen LogP contribution >= 0.6 is 11.3 Å². The molecular formula is C21H23N3OS. The zero-order valence-corrected chi connectivity index (χ0v) is 15.8. The first kappa shape index (κ1) is 17.0. The molecule has 0 radical (unpaired) electrons. The second-order valence-electron chi connectivity index (χ2n) is 6.70. The standard InChI is InChI=1S/C21H23N3OS/c1-16-12-13-19(25-16)14-22-24-20(17-8-4-2-5-9-17)15-26-21(24)23-18-10-6-3-7-11-18/h2,4-5,8-9,12-15,18H,3,6-7,10-11H2,1H3. The van der Waals surface area contributed by atoms with Gasteiger partial charge in [-0.3, -0.25) is 4.99 Å². The van der Waals surface area contributed by atoms with E-state index in [1.165, 1.54) is 32.1 Å². The number of hydrogen-bond acceptors (Lipinski definition) is 4. The number of aryl methyl sites for hydroxylation is 1.